The third-order valence-corrected chi connectivity index (χ3v) is 3.20. The number of likely N-dealkylation sites (N-methyl/N-ethyl adjacent to an activating group) is 1. The Balaban J connectivity index is 0.00000289. The molecule has 0 aliphatic carbocycles. The van der Waals surface area contributed by atoms with Gasteiger partial charge in [-0.1, -0.05) is 31.0 Å². The second-order valence-corrected chi connectivity index (χ2v) is 4.63. The molecule has 1 aromatic rings. The van der Waals surface area contributed by atoms with E-state index in [0.717, 1.165) is 17.7 Å². The highest BCUT2D eigenvalue weighted by atomic mass is 35.5. The van der Waals surface area contributed by atoms with Crippen LogP contribution in [0.4, 0.5) is 5.69 Å². The van der Waals surface area contributed by atoms with Crippen LogP contribution in [0.3, 0.4) is 0 Å². The SMILES string of the molecule is CCCC(N)C(=O)N(C)c1ccc(C)c(Cl)c1.Cl. The molecular weight excluding hydrogens is 271 g/mol. The molecule has 1 aromatic carbocycles. The number of nitrogens with zero attached hydrogens (tertiary/aromatic N) is 1. The Morgan fingerprint density at radius 1 is 1.50 bits per heavy atom. The molecule has 1 atom stereocenters. The summed E-state index contributed by atoms with van der Waals surface area (Å²) < 4.78 is 0. The fourth-order valence-corrected chi connectivity index (χ4v) is 1.78. The normalized spacial score (nSPS) is 11.6. The van der Waals surface area contributed by atoms with Crippen molar-refractivity contribution < 1.29 is 4.79 Å². The zero-order chi connectivity index (χ0) is 13.0. The van der Waals surface area contributed by atoms with Gasteiger partial charge in [0.1, 0.15) is 0 Å². The van der Waals surface area contributed by atoms with E-state index in [1.807, 2.05) is 26.0 Å². The minimum atomic E-state index is -0.440. The van der Waals surface area contributed by atoms with Gasteiger partial charge in [-0.3, -0.25) is 4.79 Å². The molecule has 1 rings (SSSR count). The van der Waals surface area contributed by atoms with Gasteiger partial charge >= 0.3 is 0 Å². The van der Waals surface area contributed by atoms with Crippen molar-refractivity contribution >= 4 is 35.6 Å². The summed E-state index contributed by atoms with van der Waals surface area (Å²) in [7, 11) is 1.72. The number of anilines is 1. The molecule has 0 heterocycles. The molecule has 0 radical (unpaired) electrons. The second-order valence-electron chi connectivity index (χ2n) is 4.23. The van der Waals surface area contributed by atoms with E-state index in [4.69, 9.17) is 17.3 Å². The van der Waals surface area contributed by atoms with Crippen molar-refractivity contribution in [3.05, 3.63) is 28.8 Å². The zero-order valence-electron chi connectivity index (χ0n) is 10.9. The van der Waals surface area contributed by atoms with Crippen LogP contribution in [0, 0.1) is 6.92 Å². The molecule has 102 valence electrons. The number of carbonyl (C=O) groups excluding carboxylic acids is 1. The van der Waals surface area contributed by atoms with E-state index in [1.165, 1.54) is 0 Å². The zero-order valence-corrected chi connectivity index (χ0v) is 12.5. The van der Waals surface area contributed by atoms with Crippen LogP contribution < -0.4 is 10.6 Å². The Kier molecular flexibility index (Phi) is 7.29. The predicted molar refractivity (Wildman–Crippen MR) is 79.7 cm³/mol. The fourth-order valence-electron chi connectivity index (χ4n) is 1.60. The van der Waals surface area contributed by atoms with Gasteiger partial charge in [0.2, 0.25) is 5.91 Å². The van der Waals surface area contributed by atoms with Crippen LogP contribution in [0.25, 0.3) is 0 Å². The predicted octanol–water partition coefficient (Wildman–Crippen LogP) is 3.16. The number of nitrogens with two attached hydrogens (primary N) is 1. The van der Waals surface area contributed by atoms with E-state index in [-0.39, 0.29) is 18.3 Å². The third-order valence-electron chi connectivity index (χ3n) is 2.79. The smallest absolute Gasteiger partial charge is 0.243 e. The number of carbonyl (C=O) groups is 1. The van der Waals surface area contributed by atoms with Gasteiger partial charge in [-0.05, 0) is 31.0 Å². The number of halogens is 2. The molecule has 0 fully saturated rings. The first-order valence-electron chi connectivity index (χ1n) is 5.76. The van der Waals surface area contributed by atoms with Gasteiger partial charge in [0.15, 0.2) is 0 Å². The summed E-state index contributed by atoms with van der Waals surface area (Å²) in [5.74, 6) is -0.0771. The van der Waals surface area contributed by atoms with Crippen LogP contribution >= 0.6 is 24.0 Å². The molecule has 0 saturated heterocycles. The van der Waals surface area contributed by atoms with E-state index in [2.05, 4.69) is 0 Å². The largest absolute Gasteiger partial charge is 0.320 e. The number of rotatable bonds is 4. The highest BCUT2D eigenvalue weighted by Gasteiger charge is 2.18. The lowest BCUT2D eigenvalue weighted by atomic mass is 10.1. The van der Waals surface area contributed by atoms with E-state index >= 15 is 0 Å². The third kappa shape index (κ3) is 4.16. The minimum absolute atomic E-state index is 0. The van der Waals surface area contributed by atoms with Gasteiger partial charge in [0.25, 0.3) is 0 Å². The molecule has 3 nitrogen and oxygen atoms in total. The fraction of sp³-hybridized carbons (Fsp3) is 0.462. The molecule has 0 saturated carbocycles. The van der Waals surface area contributed by atoms with Gasteiger partial charge < -0.3 is 10.6 Å². The lowest BCUT2D eigenvalue weighted by molar-refractivity contribution is -0.119. The van der Waals surface area contributed by atoms with Crippen molar-refractivity contribution in [3.63, 3.8) is 0 Å². The highest BCUT2D eigenvalue weighted by Crippen LogP contribution is 2.22. The number of benzene rings is 1. The maximum atomic E-state index is 12.0. The van der Waals surface area contributed by atoms with Gasteiger partial charge in [0.05, 0.1) is 6.04 Å². The summed E-state index contributed by atoms with van der Waals surface area (Å²) in [6, 6.07) is 5.11. The van der Waals surface area contributed by atoms with Crippen molar-refractivity contribution in [1.29, 1.82) is 0 Å². The van der Waals surface area contributed by atoms with Crippen molar-refractivity contribution in [2.45, 2.75) is 32.7 Å². The quantitative estimate of drug-likeness (QED) is 0.926. The summed E-state index contributed by atoms with van der Waals surface area (Å²) in [6.45, 7) is 3.94. The van der Waals surface area contributed by atoms with Crippen molar-refractivity contribution in [1.82, 2.24) is 0 Å². The van der Waals surface area contributed by atoms with Crippen LogP contribution in [0.5, 0.6) is 0 Å². The molecule has 0 spiro atoms. The monoisotopic (exact) mass is 290 g/mol. The van der Waals surface area contributed by atoms with Crippen LogP contribution in [0.15, 0.2) is 18.2 Å². The molecular formula is C13H20Cl2N2O. The average Bonchev–Trinajstić information content (AvgIpc) is 2.31. The molecule has 0 aliphatic rings. The van der Waals surface area contributed by atoms with Crippen molar-refractivity contribution in [3.8, 4) is 0 Å². The molecule has 0 bridgehead atoms. The second kappa shape index (κ2) is 7.62. The van der Waals surface area contributed by atoms with E-state index in [1.54, 1.807) is 18.0 Å². The minimum Gasteiger partial charge on any atom is -0.320 e. The maximum Gasteiger partial charge on any atom is 0.243 e. The lowest BCUT2D eigenvalue weighted by Gasteiger charge is -2.21. The summed E-state index contributed by atoms with van der Waals surface area (Å²) in [5.41, 5.74) is 7.58. The number of hydrogen-bond acceptors (Lipinski definition) is 2. The Bertz CT molecular complexity index is 410. The first kappa shape index (κ1) is 17.2. The maximum absolute atomic E-state index is 12.0. The van der Waals surface area contributed by atoms with Gasteiger partial charge in [-0.25, -0.2) is 0 Å². The van der Waals surface area contributed by atoms with E-state index in [9.17, 15) is 4.79 Å². The van der Waals surface area contributed by atoms with E-state index < -0.39 is 6.04 Å². The summed E-state index contributed by atoms with van der Waals surface area (Å²) in [6.07, 6.45) is 1.60. The van der Waals surface area contributed by atoms with Crippen molar-refractivity contribution in [2.75, 3.05) is 11.9 Å². The number of aryl methyl sites for hydroxylation is 1. The van der Waals surface area contributed by atoms with Crippen LogP contribution in [-0.4, -0.2) is 19.0 Å². The Morgan fingerprint density at radius 2 is 2.11 bits per heavy atom. The summed E-state index contributed by atoms with van der Waals surface area (Å²) in [4.78, 5) is 13.5. The topological polar surface area (TPSA) is 46.3 Å². The summed E-state index contributed by atoms with van der Waals surface area (Å²) in [5, 5.41) is 0.659. The molecule has 18 heavy (non-hydrogen) atoms. The molecule has 0 aliphatic heterocycles. The Morgan fingerprint density at radius 3 is 2.61 bits per heavy atom. The lowest BCUT2D eigenvalue weighted by Crippen LogP contribution is -2.41. The molecule has 5 heteroatoms. The van der Waals surface area contributed by atoms with Gasteiger partial charge in [-0.2, -0.15) is 0 Å². The molecule has 2 N–H and O–H groups in total. The average molecular weight is 291 g/mol. The van der Waals surface area contributed by atoms with E-state index in [0.29, 0.717) is 11.4 Å². The summed E-state index contributed by atoms with van der Waals surface area (Å²) >= 11 is 6.03. The van der Waals surface area contributed by atoms with Gasteiger partial charge in [0, 0.05) is 17.8 Å². The molecule has 1 amide bonds. The molecule has 1 unspecified atom stereocenters. The Hall–Kier alpha value is -0.770. The van der Waals surface area contributed by atoms with Crippen LogP contribution in [0.1, 0.15) is 25.3 Å². The number of hydrogen-bond donors (Lipinski definition) is 1. The highest BCUT2D eigenvalue weighted by molar-refractivity contribution is 6.31. The number of amides is 1. The first-order valence-corrected chi connectivity index (χ1v) is 6.14. The van der Waals surface area contributed by atoms with Gasteiger partial charge in [-0.15, -0.1) is 12.4 Å². The van der Waals surface area contributed by atoms with Crippen molar-refractivity contribution in [2.24, 2.45) is 5.73 Å². The van der Waals surface area contributed by atoms with Crippen LogP contribution in [0.2, 0.25) is 5.02 Å². The Labute approximate surface area is 120 Å². The standard InChI is InChI=1S/C13H19ClN2O.ClH/c1-4-5-12(15)13(17)16(3)10-7-6-9(2)11(14)8-10;/h6-8,12H,4-5,15H2,1-3H3;1H. The van der Waals surface area contributed by atoms with Crippen LogP contribution in [-0.2, 0) is 4.79 Å². The molecule has 0 aromatic heterocycles. The first-order chi connectivity index (χ1) is 7.97.